The van der Waals surface area contributed by atoms with Gasteiger partial charge in [-0.3, -0.25) is 9.89 Å². The summed E-state index contributed by atoms with van der Waals surface area (Å²) in [4.78, 5) is 14.7. The Labute approximate surface area is 203 Å². The van der Waals surface area contributed by atoms with Crippen LogP contribution in [0.25, 0.3) is 0 Å². The van der Waals surface area contributed by atoms with Crippen molar-refractivity contribution in [1.29, 1.82) is 0 Å². The minimum Gasteiger partial charge on any atom is -0.378 e. The maximum absolute atomic E-state index is 5.79. The molecule has 0 unspecified atom stereocenters. The van der Waals surface area contributed by atoms with Crippen LogP contribution in [-0.4, -0.2) is 72.7 Å². The Morgan fingerprint density at radius 3 is 2.50 bits per heavy atom. The lowest BCUT2D eigenvalue weighted by Gasteiger charge is -2.35. The molecule has 3 heterocycles. The number of nitrogens with zero attached hydrogens (tertiary/aromatic N) is 4. The minimum absolute atomic E-state index is 0. The van der Waals surface area contributed by atoms with Gasteiger partial charge in [0, 0.05) is 44.7 Å². The van der Waals surface area contributed by atoms with Crippen LogP contribution in [0, 0.1) is 5.92 Å². The second-order valence-corrected chi connectivity index (χ2v) is 9.08. The van der Waals surface area contributed by atoms with Gasteiger partial charge >= 0.3 is 0 Å². The summed E-state index contributed by atoms with van der Waals surface area (Å²) in [7, 11) is 0. The summed E-state index contributed by atoms with van der Waals surface area (Å²) in [5.41, 5.74) is 1.24. The molecule has 0 radical (unpaired) electrons. The minimum atomic E-state index is 0. The van der Waals surface area contributed by atoms with Crippen LogP contribution < -0.4 is 5.32 Å². The third kappa shape index (κ3) is 7.91. The van der Waals surface area contributed by atoms with Crippen LogP contribution in [-0.2, 0) is 17.7 Å². The molecule has 0 aromatic carbocycles. The molecule has 1 aromatic rings. The molecule has 172 valence electrons. The summed E-state index contributed by atoms with van der Waals surface area (Å²) in [6, 6.07) is 0. The van der Waals surface area contributed by atoms with Gasteiger partial charge in [-0.05, 0) is 65.0 Å². The molecule has 0 bridgehead atoms. The Bertz CT molecular complexity index is 625. The number of hydrogen-bond acceptors (Lipinski definition) is 5. The maximum atomic E-state index is 5.79. The van der Waals surface area contributed by atoms with Crippen molar-refractivity contribution < 1.29 is 4.74 Å². The van der Waals surface area contributed by atoms with Crippen LogP contribution in [0.2, 0.25) is 0 Å². The van der Waals surface area contributed by atoms with Crippen molar-refractivity contribution in [2.45, 2.75) is 65.5 Å². The average molecular weight is 550 g/mol. The van der Waals surface area contributed by atoms with E-state index in [1.54, 1.807) is 11.3 Å². The van der Waals surface area contributed by atoms with Gasteiger partial charge < -0.3 is 15.0 Å². The zero-order valence-corrected chi connectivity index (χ0v) is 22.1. The fraction of sp³-hybridized carbons (Fsp3) is 0.818. The number of hydrogen-bond donors (Lipinski definition) is 1. The van der Waals surface area contributed by atoms with E-state index in [9.17, 15) is 0 Å². The molecule has 0 aliphatic carbocycles. The predicted octanol–water partition coefficient (Wildman–Crippen LogP) is 4.00. The first-order valence-corrected chi connectivity index (χ1v) is 12.4. The first-order chi connectivity index (χ1) is 14.2. The number of piperidine rings is 2. The fourth-order valence-electron chi connectivity index (χ4n) is 4.25. The molecule has 2 saturated heterocycles. The number of likely N-dealkylation sites (tertiary alicyclic amines) is 2. The van der Waals surface area contributed by atoms with Gasteiger partial charge in [-0.15, -0.1) is 35.3 Å². The summed E-state index contributed by atoms with van der Waals surface area (Å²) in [6.07, 6.45) is 6.15. The highest BCUT2D eigenvalue weighted by molar-refractivity contribution is 14.0. The molecule has 0 amide bonds. The third-order valence-corrected chi connectivity index (χ3v) is 7.01. The molecule has 2 fully saturated rings. The van der Waals surface area contributed by atoms with Gasteiger partial charge in [0.1, 0.15) is 0 Å². The van der Waals surface area contributed by atoms with E-state index in [-0.39, 0.29) is 24.0 Å². The Kier molecular flexibility index (Phi) is 11.9. The summed E-state index contributed by atoms with van der Waals surface area (Å²) in [5, 5.41) is 6.99. The van der Waals surface area contributed by atoms with Gasteiger partial charge in [0.25, 0.3) is 0 Å². The molecule has 0 saturated carbocycles. The van der Waals surface area contributed by atoms with Crippen molar-refractivity contribution in [3.8, 4) is 0 Å². The van der Waals surface area contributed by atoms with Crippen LogP contribution in [0.3, 0.4) is 0 Å². The lowest BCUT2D eigenvalue weighted by Crippen LogP contribution is -2.47. The van der Waals surface area contributed by atoms with Crippen molar-refractivity contribution >= 4 is 41.3 Å². The van der Waals surface area contributed by atoms with Gasteiger partial charge in [0.15, 0.2) is 5.96 Å². The number of aromatic nitrogens is 1. The summed E-state index contributed by atoms with van der Waals surface area (Å²) in [5.74, 6) is 1.79. The van der Waals surface area contributed by atoms with Crippen molar-refractivity contribution in [3.05, 3.63) is 16.1 Å². The topological polar surface area (TPSA) is 53.0 Å². The molecule has 0 atom stereocenters. The van der Waals surface area contributed by atoms with E-state index < -0.39 is 0 Å². The SMILES string of the molecule is CCNC(=NCC1CCN(Cc2csc(CC)n2)CC1)N1CCC(OCC)CC1.I. The molecule has 2 aliphatic heterocycles. The lowest BCUT2D eigenvalue weighted by atomic mass is 9.97. The summed E-state index contributed by atoms with van der Waals surface area (Å²) >= 11 is 1.80. The maximum Gasteiger partial charge on any atom is 0.193 e. The molecular weight excluding hydrogens is 509 g/mol. The molecule has 30 heavy (non-hydrogen) atoms. The second-order valence-electron chi connectivity index (χ2n) is 8.14. The van der Waals surface area contributed by atoms with E-state index in [0.29, 0.717) is 12.0 Å². The standard InChI is InChI=1S/C22H39N5OS.HI/c1-4-21-25-19(17-29-21)16-26-11-7-18(8-12-26)15-24-22(23-5-2)27-13-9-20(10-14-27)28-6-3;/h17-18,20H,4-16H2,1-3H3,(H,23,24);1H. The van der Waals surface area contributed by atoms with Gasteiger partial charge in [0.2, 0.25) is 0 Å². The number of aliphatic imine (C=N–C) groups is 1. The third-order valence-electron chi connectivity index (χ3n) is 5.97. The van der Waals surface area contributed by atoms with E-state index in [2.05, 4.69) is 41.3 Å². The van der Waals surface area contributed by atoms with E-state index in [0.717, 1.165) is 77.6 Å². The Morgan fingerprint density at radius 1 is 1.17 bits per heavy atom. The van der Waals surface area contributed by atoms with Crippen molar-refractivity contribution in [1.82, 2.24) is 20.1 Å². The second kappa shape index (κ2) is 13.9. The quantitative estimate of drug-likeness (QED) is 0.302. The highest BCUT2D eigenvalue weighted by Crippen LogP contribution is 2.21. The number of nitrogens with one attached hydrogen (secondary N) is 1. The van der Waals surface area contributed by atoms with E-state index in [1.165, 1.54) is 23.5 Å². The smallest absolute Gasteiger partial charge is 0.193 e. The van der Waals surface area contributed by atoms with Crippen molar-refractivity contribution in [3.63, 3.8) is 0 Å². The van der Waals surface area contributed by atoms with Gasteiger partial charge in [-0.2, -0.15) is 0 Å². The zero-order chi connectivity index (χ0) is 20.5. The number of thiazole rings is 1. The monoisotopic (exact) mass is 549 g/mol. The molecule has 8 heteroatoms. The summed E-state index contributed by atoms with van der Waals surface area (Å²) in [6.45, 7) is 14.5. The number of halogens is 1. The van der Waals surface area contributed by atoms with Gasteiger partial charge in [-0.25, -0.2) is 4.98 Å². The van der Waals surface area contributed by atoms with Crippen LogP contribution in [0.1, 0.15) is 57.2 Å². The first kappa shape index (κ1) is 25.8. The van der Waals surface area contributed by atoms with Crippen LogP contribution >= 0.6 is 35.3 Å². The largest absolute Gasteiger partial charge is 0.378 e. The average Bonchev–Trinajstić information content (AvgIpc) is 3.21. The van der Waals surface area contributed by atoms with Crippen LogP contribution in [0.15, 0.2) is 10.4 Å². The molecule has 1 N–H and O–H groups in total. The highest BCUT2D eigenvalue weighted by atomic mass is 127. The van der Waals surface area contributed by atoms with Gasteiger partial charge in [-0.1, -0.05) is 6.92 Å². The van der Waals surface area contributed by atoms with E-state index >= 15 is 0 Å². The number of aryl methyl sites for hydroxylation is 1. The highest BCUT2D eigenvalue weighted by Gasteiger charge is 2.23. The molecule has 0 spiro atoms. The lowest BCUT2D eigenvalue weighted by molar-refractivity contribution is 0.0263. The fourth-order valence-corrected chi connectivity index (χ4v) is 4.99. The molecule has 2 aliphatic rings. The Hall–Kier alpha value is -0.450. The summed E-state index contributed by atoms with van der Waals surface area (Å²) < 4.78 is 5.79. The van der Waals surface area contributed by atoms with E-state index in [4.69, 9.17) is 14.7 Å². The molecule has 6 nitrogen and oxygen atoms in total. The van der Waals surface area contributed by atoms with Gasteiger partial charge in [0.05, 0.1) is 16.8 Å². The van der Waals surface area contributed by atoms with Crippen molar-refractivity contribution in [2.75, 3.05) is 45.9 Å². The zero-order valence-electron chi connectivity index (χ0n) is 18.9. The predicted molar refractivity (Wildman–Crippen MR) is 137 cm³/mol. The van der Waals surface area contributed by atoms with Crippen LogP contribution in [0.5, 0.6) is 0 Å². The number of rotatable bonds is 8. The Morgan fingerprint density at radius 2 is 1.90 bits per heavy atom. The normalized spacial score (nSPS) is 19.7. The molecule has 1 aromatic heterocycles. The number of ether oxygens (including phenoxy) is 1. The Balaban J connectivity index is 0.00000320. The van der Waals surface area contributed by atoms with Crippen molar-refractivity contribution in [2.24, 2.45) is 10.9 Å². The molecule has 3 rings (SSSR count). The number of guanidine groups is 1. The van der Waals surface area contributed by atoms with Crippen LogP contribution in [0.4, 0.5) is 0 Å². The van der Waals surface area contributed by atoms with E-state index in [1.807, 2.05) is 0 Å². The molecular formula is C22H40IN5OS. The first-order valence-electron chi connectivity index (χ1n) is 11.5.